The molecule has 0 bridgehead atoms. The number of rotatable bonds is 6. The topological polar surface area (TPSA) is 56.6 Å². The molecule has 25 heavy (non-hydrogen) atoms. The molecule has 1 aliphatic rings. The number of piperidine rings is 1. The average molecular weight is 343 g/mol. The van der Waals surface area contributed by atoms with E-state index in [1.807, 2.05) is 41.8 Å². The van der Waals surface area contributed by atoms with E-state index in [-0.39, 0.29) is 5.91 Å². The van der Waals surface area contributed by atoms with Crippen LogP contribution in [0.15, 0.2) is 36.9 Å². The third-order valence-electron chi connectivity index (χ3n) is 4.80. The van der Waals surface area contributed by atoms with Crippen LogP contribution in [0.25, 0.3) is 0 Å². The lowest BCUT2D eigenvalue weighted by Crippen LogP contribution is -2.40. The highest BCUT2D eigenvalue weighted by Gasteiger charge is 2.23. The quantitative estimate of drug-likeness (QED) is 0.808. The van der Waals surface area contributed by atoms with Gasteiger partial charge in [0.1, 0.15) is 0 Å². The van der Waals surface area contributed by atoms with Crippen molar-refractivity contribution in [3.05, 3.63) is 42.5 Å². The summed E-state index contributed by atoms with van der Waals surface area (Å²) in [5, 5.41) is 0. The van der Waals surface area contributed by atoms with Crippen LogP contribution in [0, 0.1) is 5.92 Å². The molecule has 0 unspecified atom stereocenters. The van der Waals surface area contributed by atoms with Crippen LogP contribution in [0.5, 0.6) is 11.5 Å². The molecule has 6 heteroatoms. The van der Waals surface area contributed by atoms with Crippen LogP contribution in [0.1, 0.15) is 18.4 Å². The summed E-state index contributed by atoms with van der Waals surface area (Å²) in [6, 6.07) is 5.65. The fourth-order valence-electron chi connectivity index (χ4n) is 3.33. The number of methoxy groups -OCH3 is 2. The zero-order valence-electron chi connectivity index (χ0n) is 14.9. The molecule has 1 amide bonds. The summed E-state index contributed by atoms with van der Waals surface area (Å²) in [5.74, 6) is 2.12. The number of imidazole rings is 1. The molecular formula is C19H25N3O3. The molecule has 1 fully saturated rings. The number of likely N-dealkylation sites (tertiary alicyclic amines) is 1. The molecule has 6 nitrogen and oxygen atoms in total. The van der Waals surface area contributed by atoms with Crippen LogP contribution in [0.4, 0.5) is 0 Å². The van der Waals surface area contributed by atoms with Gasteiger partial charge in [-0.2, -0.15) is 0 Å². The van der Waals surface area contributed by atoms with E-state index in [0.717, 1.165) is 38.0 Å². The molecule has 2 aromatic rings. The van der Waals surface area contributed by atoms with Crippen LogP contribution in [0.3, 0.4) is 0 Å². The number of nitrogens with zero attached hydrogens (tertiary/aromatic N) is 3. The minimum Gasteiger partial charge on any atom is -0.493 e. The highest BCUT2D eigenvalue weighted by molar-refractivity contribution is 5.79. The number of aromatic nitrogens is 2. The fraction of sp³-hybridized carbons (Fsp3) is 0.474. The monoisotopic (exact) mass is 343 g/mol. The largest absolute Gasteiger partial charge is 0.493 e. The van der Waals surface area contributed by atoms with Gasteiger partial charge in [-0.25, -0.2) is 4.98 Å². The highest BCUT2D eigenvalue weighted by Crippen LogP contribution is 2.28. The number of carbonyl (C=O) groups is 1. The van der Waals surface area contributed by atoms with Crippen molar-refractivity contribution in [3.8, 4) is 11.5 Å². The standard InChI is InChI=1S/C19H25N3O3/c1-24-17-4-3-16(11-18(17)25-2)12-19(23)22-8-5-15(6-9-22)13-21-10-7-20-14-21/h3-4,7,10-11,14-15H,5-6,8-9,12-13H2,1-2H3. The van der Waals surface area contributed by atoms with E-state index in [0.29, 0.717) is 23.8 Å². The van der Waals surface area contributed by atoms with Gasteiger partial charge in [0.15, 0.2) is 11.5 Å². The van der Waals surface area contributed by atoms with Crippen molar-refractivity contribution >= 4 is 5.91 Å². The lowest BCUT2D eigenvalue weighted by Gasteiger charge is -2.32. The van der Waals surface area contributed by atoms with E-state index in [9.17, 15) is 4.79 Å². The molecule has 3 rings (SSSR count). The molecule has 1 aliphatic heterocycles. The molecule has 0 saturated carbocycles. The van der Waals surface area contributed by atoms with Crippen LogP contribution in [0.2, 0.25) is 0 Å². The maximum Gasteiger partial charge on any atom is 0.226 e. The van der Waals surface area contributed by atoms with E-state index in [2.05, 4.69) is 9.55 Å². The van der Waals surface area contributed by atoms with Crippen LogP contribution >= 0.6 is 0 Å². The maximum absolute atomic E-state index is 12.6. The van der Waals surface area contributed by atoms with Gasteiger partial charge in [0.05, 0.1) is 27.0 Å². The number of hydrogen-bond acceptors (Lipinski definition) is 4. The van der Waals surface area contributed by atoms with Crippen molar-refractivity contribution in [1.29, 1.82) is 0 Å². The molecule has 0 spiro atoms. The summed E-state index contributed by atoms with van der Waals surface area (Å²) in [4.78, 5) is 18.6. The SMILES string of the molecule is COc1ccc(CC(=O)N2CCC(Cn3ccnc3)CC2)cc1OC. The Kier molecular flexibility index (Phi) is 5.58. The van der Waals surface area contributed by atoms with Crippen molar-refractivity contribution in [2.24, 2.45) is 5.92 Å². The van der Waals surface area contributed by atoms with Crippen molar-refractivity contribution in [1.82, 2.24) is 14.5 Å². The molecular weight excluding hydrogens is 318 g/mol. The van der Waals surface area contributed by atoms with E-state index in [1.165, 1.54) is 0 Å². The number of amides is 1. The van der Waals surface area contributed by atoms with Crippen molar-refractivity contribution in [2.75, 3.05) is 27.3 Å². The summed E-state index contributed by atoms with van der Waals surface area (Å²) in [7, 11) is 3.21. The average Bonchev–Trinajstić information content (AvgIpc) is 3.15. The Bertz CT molecular complexity index is 692. The van der Waals surface area contributed by atoms with Crippen molar-refractivity contribution in [2.45, 2.75) is 25.8 Å². The molecule has 0 N–H and O–H groups in total. The minimum atomic E-state index is 0.174. The first-order valence-corrected chi connectivity index (χ1v) is 8.64. The molecule has 2 heterocycles. The Hall–Kier alpha value is -2.50. The Morgan fingerprint density at radius 2 is 1.96 bits per heavy atom. The van der Waals surface area contributed by atoms with Gasteiger partial charge in [-0.3, -0.25) is 4.79 Å². The zero-order valence-corrected chi connectivity index (χ0v) is 14.9. The second-order valence-electron chi connectivity index (χ2n) is 6.45. The van der Waals surface area contributed by atoms with Gasteiger partial charge in [0.25, 0.3) is 0 Å². The van der Waals surface area contributed by atoms with Crippen molar-refractivity contribution < 1.29 is 14.3 Å². The van der Waals surface area contributed by atoms with Crippen LogP contribution in [-0.2, 0) is 17.8 Å². The first kappa shape index (κ1) is 17.3. The zero-order chi connectivity index (χ0) is 17.6. The summed E-state index contributed by atoms with van der Waals surface area (Å²) in [6.45, 7) is 2.63. The van der Waals surface area contributed by atoms with Crippen molar-refractivity contribution in [3.63, 3.8) is 0 Å². The second kappa shape index (κ2) is 8.05. The first-order chi connectivity index (χ1) is 12.2. The van der Waals surface area contributed by atoms with Gasteiger partial charge in [-0.05, 0) is 36.5 Å². The number of carbonyl (C=O) groups excluding carboxylic acids is 1. The molecule has 0 aliphatic carbocycles. The summed E-state index contributed by atoms with van der Waals surface area (Å²) in [6.07, 6.45) is 8.13. The Morgan fingerprint density at radius 3 is 2.60 bits per heavy atom. The summed E-state index contributed by atoms with van der Waals surface area (Å²) in [5.41, 5.74) is 0.947. The normalized spacial score (nSPS) is 15.2. The smallest absolute Gasteiger partial charge is 0.226 e. The third kappa shape index (κ3) is 4.32. The molecule has 1 aromatic heterocycles. The number of ether oxygens (including phenoxy) is 2. The maximum atomic E-state index is 12.6. The van der Waals surface area contributed by atoms with Gasteiger partial charge in [-0.1, -0.05) is 6.07 Å². The van der Waals surface area contributed by atoms with E-state index in [1.54, 1.807) is 14.2 Å². The van der Waals surface area contributed by atoms with Crippen LogP contribution < -0.4 is 9.47 Å². The van der Waals surface area contributed by atoms with Crippen LogP contribution in [-0.4, -0.2) is 47.7 Å². The Labute approximate surface area is 148 Å². The van der Waals surface area contributed by atoms with Gasteiger partial charge >= 0.3 is 0 Å². The predicted molar refractivity (Wildman–Crippen MR) is 94.8 cm³/mol. The molecule has 134 valence electrons. The molecule has 1 saturated heterocycles. The number of benzene rings is 1. The summed E-state index contributed by atoms with van der Waals surface area (Å²) >= 11 is 0. The van der Waals surface area contributed by atoms with E-state index < -0.39 is 0 Å². The molecule has 0 radical (unpaired) electrons. The Morgan fingerprint density at radius 1 is 1.20 bits per heavy atom. The van der Waals surface area contributed by atoms with Gasteiger partial charge in [0, 0.05) is 32.0 Å². The lowest BCUT2D eigenvalue weighted by atomic mass is 9.96. The lowest BCUT2D eigenvalue weighted by molar-refractivity contribution is -0.131. The highest BCUT2D eigenvalue weighted by atomic mass is 16.5. The molecule has 1 aromatic carbocycles. The molecule has 0 atom stereocenters. The first-order valence-electron chi connectivity index (χ1n) is 8.64. The van der Waals surface area contributed by atoms with E-state index >= 15 is 0 Å². The van der Waals surface area contributed by atoms with Gasteiger partial charge < -0.3 is 18.9 Å². The minimum absolute atomic E-state index is 0.174. The van der Waals surface area contributed by atoms with E-state index in [4.69, 9.17) is 9.47 Å². The number of hydrogen-bond donors (Lipinski definition) is 0. The third-order valence-corrected chi connectivity index (χ3v) is 4.80. The Balaban J connectivity index is 1.52. The predicted octanol–water partition coefficient (Wildman–Crippen LogP) is 2.38. The summed E-state index contributed by atoms with van der Waals surface area (Å²) < 4.78 is 12.7. The fourth-order valence-corrected chi connectivity index (χ4v) is 3.33. The van der Waals surface area contributed by atoms with Gasteiger partial charge in [-0.15, -0.1) is 0 Å². The van der Waals surface area contributed by atoms with Gasteiger partial charge in [0.2, 0.25) is 5.91 Å². The second-order valence-corrected chi connectivity index (χ2v) is 6.45.